The van der Waals surface area contributed by atoms with Gasteiger partial charge in [0.05, 0.1) is 25.2 Å². The van der Waals surface area contributed by atoms with Crippen LogP contribution < -0.4 is 0 Å². The molecule has 0 saturated carbocycles. The topological polar surface area (TPSA) is 88.1 Å². The van der Waals surface area contributed by atoms with Crippen molar-refractivity contribution in [2.75, 3.05) is 13.1 Å². The molecule has 0 aliphatic carbocycles. The Morgan fingerprint density at radius 1 is 1.40 bits per heavy atom. The van der Waals surface area contributed by atoms with Crippen LogP contribution in [0.5, 0.6) is 0 Å². The van der Waals surface area contributed by atoms with Crippen molar-refractivity contribution in [3.05, 3.63) is 0 Å². The second kappa shape index (κ2) is 7.78. The number of carbonyl (C=O) groups is 1. The molecule has 0 aromatic carbocycles. The summed E-state index contributed by atoms with van der Waals surface area (Å²) >= 11 is 0. The third-order valence-electron chi connectivity index (χ3n) is 2.10. The molecule has 0 rings (SSSR count). The van der Waals surface area contributed by atoms with E-state index in [4.69, 9.17) is 15.6 Å². The van der Waals surface area contributed by atoms with E-state index in [9.17, 15) is 4.79 Å². The average Bonchev–Trinajstić information content (AvgIpc) is 2.18. The highest BCUT2D eigenvalue weighted by molar-refractivity contribution is 5.73. The van der Waals surface area contributed by atoms with E-state index in [0.717, 1.165) is 12.8 Å². The summed E-state index contributed by atoms with van der Waals surface area (Å²) in [5.74, 6) is -0.964. The molecule has 0 aliphatic rings. The molecule has 1 atom stereocenters. The summed E-state index contributed by atoms with van der Waals surface area (Å²) < 4.78 is 0. The molecule has 0 aromatic rings. The summed E-state index contributed by atoms with van der Waals surface area (Å²) in [6.07, 6.45) is 2.16. The van der Waals surface area contributed by atoms with Crippen LogP contribution in [0.2, 0.25) is 0 Å². The molecule has 0 heterocycles. The predicted molar refractivity (Wildman–Crippen MR) is 53.7 cm³/mol. The highest BCUT2D eigenvalue weighted by atomic mass is 16.4. The van der Waals surface area contributed by atoms with Gasteiger partial charge in [-0.1, -0.05) is 19.8 Å². The van der Waals surface area contributed by atoms with Gasteiger partial charge in [-0.05, 0) is 6.42 Å². The van der Waals surface area contributed by atoms with Crippen LogP contribution in [-0.4, -0.2) is 35.1 Å². The van der Waals surface area contributed by atoms with E-state index in [0.29, 0.717) is 6.42 Å². The van der Waals surface area contributed by atoms with Gasteiger partial charge in [-0.3, -0.25) is 9.69 Å². The summed E-state index contributed by atoms with van der Waals surface area (Å²) in [7, 11) is 0. The molecule has 82 valence electrons. The van der Waals surface area contributed by atoms with E-state index in [-0.39, 0.29) is 13.1 Å². The van der Waals surface area contributed by atoms with Crippen molar-refractivity contribution in [2.45, 2.75) is 32.2 Å². The van der Waals surface area contributed by atoms with Crippen LogP contribution in [0, 0.1) is 22.7 Å². The minimum absolute atomic E-state index is 0.0196. The van der Waals surface area contributed by atoms with Gasteiger partial charge in [-0.25, -0.2) is 0 Å². The standard InChI is InChI=1S/C10H15N3O2/c1-2-3-4-9(10(14)15)13(7-5-11)8-6-12/h9H,2-4,7-8H2,1H3,(H,14,15). The van der Waals surface area contributed by atoms with Crippen molar-refractivity contribution < 1.29 is 9.90 Å². The molecule has 5 nitrogen and oxygen atoms in total. The fourth-order valence-corrected chi connectivity index (χ4v) is 1.32. The quantitative estimate of drug-likeness (QED) is 0.631. The van der Waals surface area contributed by atoms with Gasteiger partial charge < -0.3 is 5.11 Å². The Kier molecular flexibility index (Phi) is 6.96. The molecule has 0 spiro atoms. The second-order valence-electron chi connectivity index (χ2n) is 3.22. The summed E-state index contributed by atoms with van der Waals surface area (Å²) in [5, 5.41) is 26.0. The van der Waals surface area contributed by atoms with Crippen molar-refractivity contribution in [1.29, 1.82) is 10.5 Å². The number of nitriles is 2. The first-order valence-corrected chi connectivity index (χ1v) is 4.88. The zero-order valence-corrected chi connectivity index (χ0v) is 8.81. The third kappa shape index (κ3) is 4.99. The average molecular weight is 209 g/mol. The number of rotatable bonds is 7. The van der Waals surface area contributed by atoms with Gasteiger partial charge in [0.25, 0.3) is 0 Å². The van der Waals surface area contributed by atoms with Crippen LogP contribution in [-0.2, 0) is 4.79 Å². The maximum Gasteiger partial charge on any atom is 0.320 e. The molecule has 0 aliphatic heterocycles. The molecular formula is C10H15N3O2. The number of hydrogen-bond acceptors (Lipinski definition) is 4. The van der Waals surface area contributed by atoms with Crippen LogP contribution in [0.15, 0.2) is 0 Å². The lowest BCUT2D eigenvalue weighted by atomic mass is 10.1. The zero-order valence-electron chi connectivity index (χ0n) is 8.81. The van der Waals surface area contributed by atoms with Crippen molar-refractivity contribution in [1.82, 2.24) is 4.90 Å². The predicted octanol–water partition coefficient (Wildman–Crippen LogP) is 0.979. The molecule has 0 fully saturated rings. The molecule has 0 aromatic heterocycles. The molecule has 0 amide bonds. The van der Waals surface area contributed by atoms with Crippen LogP contribution in [0.4, 0.5) is 0 Å². The highest BCUT2D eigenvalue weighted by Gasteiger charge is 2.24. The van der Waals surface area contributed by atoms with Crippen molar-refractivity contribution in [3.63, 3.8) is 0 Å². The number of aliphatic carboxylic acids is 1. The summed E-state index contributed by atoms with van der Waals surface area (Å²) in [6, 6.07) is 3.03. The molecule has 0 saturated heterocycles. The molecule has 0 radical (unpaired) electrons. The number of nitrogens with zero attached hydrogens (tertiary/aromatic N) is 3. The maximum absolute atomic E-state index is 10.9. The van der Waals surface area contributed by atoms with E-state index >= 15 is 0 Å². The molecule has 1 N–H and O–H groups in total. The Morgan fingerprint density at radius 2 is 1.93 bits per heavy atom. The van der Waals surface area contributed by atoms with Gasteiger partial charge in [-0.2, -0.15) is 10.5 Å². The van der Waals surface area contributed by atoms with Gasteiger partial charge >= 0.3 is 5.97 Å². The van der Waals surface area contributed by atoms with Gasteiger partial charge in [0.1, 0.15) is 6.04 Å². The van der Waals surface area contributed by atoms with E-state index < -0.39 is 12.0 Å². The Balaban J connectivity index is 4.47. The van der Waals surface area contributed by atoms with Crippen molar-refractivity contribution in [2.24, 2.45) is 0 Å². The SMILES string of the molecule is CCCCC(C(=O)O)N(CC#N)CC#N. The van der Waals surface area contributed by atoms with Gasteiger partial charge in [0, 0.05) is 0 Å². The molecule has 5 heteroatoms. The van der Waals surface area contributed by atoms with Crippen molar-refractivity contribution in [3.8, 4) is 12.1 Å². The van der Waals surface area contributed by atoms with Gasteiger partial charge in [0.15, 0.2) is 0 Å². The van der Waals surface area contributed by atoms with Crippen LogP contribution in [0.25, 0.3) is 0 Å². The smallest absolute Gasteiger partial charge is 0.320 e. The highest BCUT2D eigenvalue weighted by Crippen LogP contribution is 2.08. The Hall–Kier alpha value is -1.59. The Bertz CT molecular complexity index is 261. The lowest BCUT2D eigenvalue weighted by molar-refractivity contribution is -0.143. The summed E-state index contributed by atoms with van der Waals surface area (Å²) in [6.45, 7) is 1.93. The summed E-state index contributed by atoms with van der Waals surface area (Å²) in [4.78, 5) is 12.3. The number of carboxylic acid groups (broad SMARTS) is 1. The first-order chi connectivity index (χ1) is 7.17. The van der Waals surface area contributed by atoms with E-state index in [1.54, 1.807) is 0 Å². The monoisotopic (exact) mass is 209 g/mol. The maximum atomic E-state index is 10.9. The van der Waals surface area contributed by atoms with Gasteiger partial charge in [0.2, 0.25) is 0 Å². The molecule has 0 bridgehead atoms. The molecule has 15 heavy (non-hydrogen) atoms. The first kappa shape index (κ1) is 13.4. The minimum Gasteiger partial charge on any atom is -0.480 e. The Morgan fingerprint density at radius 3 is 2.27 bits per heavy atom. The first-order valence-electron chi connectivity index (χ1n) is 4.88. The van der Waals surface area contributed by atoms with E-state index in [1.165, 1.54) is 4.90 Å². The lowest BCUT2D eigenvalue weighted by Gasteiger charge is -2.23. The lowest BCUT2D eigenvalue weighted by Crippen LogP contribution is -2.41. The van der Waals surface area contributed by atoms with Gasteiger partial charge in [-0.15, -0.1) is 0 Å². The second-order valence-corrected chi connectivity index (χ2v) is 3.22. The van der Waals surface area contributed by atoms with Crippen molar-refractivity contribution >= 4 is 5.97 Å². The molecular weight excluding hydrogens is 194 g/mol. The minimum atomic E-state index is -0.964. The number of unbranched alkanes of at least 4 members (excludes halogenated alkanes) is 1. The van der Waals surface area contributed by atoms with Crippen LogP contribution >= 0.6 is 0 Å². The normalized spacial score (nSPS) is 11.7. The molecule has 1 unspecified atom stereocenters. The summed E-state index contributed by atoms with van der Waals surface area (Å²) in [5.41, 5.74) is 0. The van der Waals surface area contributed by atoms with Crippen LogP contribution in [0.1, 0.15) is 26.2 Å². The van der Waals surface area contributed by atoms with Crippen LogP contribution in [0.3, 0.4) is 0 Å². The van der Waals surface area contributed by atoms with E-state index in [2.05, 4.69) is 0 Å². The fourth-order valence-electron chi connectivity index (χ4n) is 1.32. The Labute approximate surface area is 89.5 Å². The fraction of sp³-hybridized carbons (Fsp3) is 0.700. The third-order valence-corrected chi connectivity index (χ3v) is 2.10. The zero-order chi connectivity index (χ0) is 11.7. The number of hydrogen-bond donors (Lipinski definition) is 1. The number of carboxylic acids is 1. The largest absolute Gasteiger partial charge is 0.480 e. The van der Waals surface area contributed by atoms with E-state index in [1.807, 2.05) is 19.1 Å².